The van der Waals surface area contributed by atoms with Gasteiger partial charge in [0.1, 0.15) is 11.6 Å². The second-order valence-electron chi connectivity index (χ2n) is 6.86. The molecule has 0 amide bonds. The monoisotopic (exact) mass is 354 g/mol. The topological polar surface area (TPSA) is 35.5 Å². The van der Waals surface area contributed by atoms with Gasteiger partial charge in [0.25, 0.3) is 0 Å². The Hall–Kier alpha value is -2.62. The van der Waals surface area contributed by atoms with E-state index in [0.29, 0.717) is 17.2 Å². The second kappa shape index (κ2) is 7.73. The van der Waals surface area contributed by atoms with Gasteiger partial charge in [-0.2, -0.15) is 0 Å². The number of hydrogen-bond donors (Lipinski definition) is 0. The number of carbonyl (C=O) groups excluding carboxylic acids is 1. The Bertz CT molecular complexity index is 814. The molecule has 3 rings (SSSR count). The minimum absolute atomic E-state index is 0.0431. The fourth-order valence-electron chi connectivity index (χ4n) is 3.16. The first-order valence-corrected chi connectivity index (χ1v) is 8.80. The molecule has 1 fully saturated rings. The summed E-state index contributed by atoms with van der Waals surface area (Å²) in [6, 6.07) is 12.8. The van der Waals surface area contributed by atoms with Crippen LogP contribution in [0, 0.1) is 5.82 Å². The van der Waals surface area contributed by atoms with Gasteiger partial charge < -0.3 is 9.47 Å². The first kappa shape index (κ1) is 18.2. The van der Waals surface area contributed by atoms with Gasteiger partial charge in [-0.3, -0.25) is 0 Å². The number of halogens is 1. The molecule has 0 radical (unpaired) electrons. The molecule has 1 saturated carbocycles. The molecule has 1 aliphatic rings. The van der Waals surface area contributed by atoms with Crippen LogP contribution in [0.3, 0.4) is 0 Å². The third kappa shape index (κ3) is 4.13. The fraction of sp³-hybridized carbons (Fsp3) is 0.318. The van der Waals surface area contributed by atoms with Gasteiger partial charge in [0.2, 0.25) is 0 Å². The number of hydrogen-bond acceptors (Lipinski definition) is 3. The fourth-order valence-corrected chi connectivity index (χ4v) is 3.16. The highest BCUT2D eigenvalue weighted by Crippen LogP contribution is 2.41. The first-order valence-electron chi connectivity index (χ1n) is 8.80. The molecule has 0 aliphatic heterocycles. The summed E-state index contributed by atoms with van der Waals surface area (Å²) in [5, 5.41) is 0. The zero-order chi connectivity index (χ0) is 18.7. The third-order valence-electron chi connectivity index (χ3n) is 4.54. The van der Waals surface area contributed by atoms with Crippen molar-refractivity contribution >= 4 is 5.97 Å². The molecule has 26 heavy (non-hydrogen) atoms. The molecule has 0 heterocycles. The summed E-state index contributed by atoms with van der Waals surface area (Å²) in [6.07, 6.45) is 3.34. The van der Waals surface area contributed by atoms with Gasteiger partial charge in [-0.05, 0) is 61.9 Å². The van der Waals surface area contributed by atoms with E-state index < -0.39 is 0 Å². The van der Waals surface area contributed by atoms with Crippen molar-refractivity contribution in [3.05, 3.63) is 65.5 Å². The van der Waals surface area contributed by atoms with Crippen LogP contribution in [0.4, 0.5) is 4.39 Å². The lowest BCUT2D eigenvalue weighted by Gasteiger charge is -2.29. The van der Waals surface area contributed by atoms with Crippen LogP contribution in [-0.4, -0.2) is 19.2 Å². The molecule has 1 aliphatic carbocycles. The van der Waals surface area contributed by atoms with Crippen molar-refractivity contribution in [3.63, 3.8) is 0 Å². The minimum atomic E-state index is -0.298. The Balaban J connectivity index is 1.73. The number of carbonyl (C=O) groups is 1. The molecule has 0 N–H and O–H groups in total. The quantitative estimate of drug-likeness (QED) is 0.543. The zero-order valence-electron chi connectivity index (χ0n) is 15.3. The highest BCUT2D eigenvalue weighted by Gasteiger charge is 2.25. The van der Waals surface area contributed by atoms with E-state index in [2.05, 4.69) is 4.74 Å². The summed E-state index contributed by atoms with van der Waals surface area (Å²) in [4.78, 5) is 11.2. The number of ether oxygens (including phenoxy) is 2. The van der Waals surface area contributed by atoms with Crippen molar-refractivity contribution in [3.8, 4) is 16.9 Å². The molecule has 2 aromatic carbocycles. The van der Waals surface area contributed by atoms with Crippen LogP contribution in [0.1, 0.15) is 38.2 Å². The van der Waals surface area contributed by atoms with E-state index in [1.807, 2.05) is 38.1 Å². The van der Waals surface area contributed by atoms with Gasteiger partial charge in [-0.25, -0.2) is 9.18 Å². The average molecular weight is 354 g/mol. The summed E-state index contributed by atoms with van der Waals surface area (Å²) < 4.78 is 24.5. The van der Waals surface area contributed by atoms with Crippen LogP contribution in [0.15, 0.2) is 54.1 Å². The average Bonchev–Trinajstić information content (AvgIpc) is 2.59. The van der Waals surface area contributed by atoms with E-state index >= 15 is 0 Å². The van der Waals surface area contributed by atoms with Crippen LogP contribution in [0.2, 0.25) is 0 Å². The Morgan fingerprint density at radius 1 is 1.15 bits per heavy atom. The maximum atomic E-state index is 14.2. The standard InChI is InChI=1S/C22H23FO3/c1-14(2)26-19-8-9-21(23)20(13-19)17-6-4-16(5-7-17)18-10-15(11-18)12-22(24)25-3/h4-9,12-14,18H,10-11H2,1-3H3. The minimum Gasteiger partial charge on any atom is -0.491 e. The van der Waals surface area contributed by atoms with Crippen LogP contribution < -0.4 is 4.74 Å². The Labute approximate surface area is 153 Å². The van der Waals surface area contributed by atoms with E-state index in [9.17, 15) is 9.18 Å². The van der Waals surface area contributed by atoms with E-state index in [0.717, 1.165) is 24.0 Å². The van der Waals surface area contributed by atoms with Crippen LogP contribution in [-0.2, 0) is 9.53 Å². The summed E-state index contributed by atoms with van der Waals surface area (Å²) in [5.74, 6) is 0.506. The second-order valence-corrected chi connectivity index (χ2v) is 6.86. The number of esters is 1. The van der Waals surface area contributed by atoms with Crippen molar-refractivity contribution in [2.45, 2.75) is 38.7 Å². The number of methoxy groups -OCH3 is 1. The molecule has 136 valence electrons. The van der Waals surface area contributed by atoms with Gasteiger partial charge in [-0.15, -0.1) is 0 Å². The van der Waals surface area contributed by atoms with Crippen molar-refractivity contribution in [2.24, 2.45) is 0 Å². The lowest BCUT2D eigenvalue weighted by atomic mass is 9.75. The predicted molar refractivity (Wildman–Crippen MR) is 99.7 cm³/mol. The maximum Gasteiger partial charge on any atom is 0.330 e. The lowest BCUT2D eigenvalue weighted by Crippen LogP contribution is -2.14. The molecule has 0 bridgehead atoms. The summed E-state index contributed by atoms with van der Waals surface area (Å²) in [5.41, 5.74) is 3.67. The molecular formula is C22H23FO3. The van der Waals surface area contributed by atoms with Gasteiger partial charge >= 0.3 is 5.97 Å². The largest absolute Gasteiger partial charge is 0.491 e. The van der Waals surface area contributed by atoms with E-state index in [-0.39, 0.29) is 17.9 Å². The lowest BCUT2D eigenvalue weighted by molar-refractivity contribution is -0.134. The molecular weight excluding hydrogens is 331 g/mol. The number of rotatable bonds is 5. The Kier molecular flexibility index (Phi) is 5.40. The van der Waals surface area contributed by atoms with Crippen molar-refractivity contribution in [2.75, 3.05) is 7.11 Å². The van der Waals surface area contributed by atoms with Crippen molar-refractivity contribution in [1.82, 2.24) is 0 Å². The predicted octanol–water partition coefficient (Wildman–Crippen LogP) is 5.26. The normalized spacial score (nSPS) is 16.2. The summed E-state index contributed by atoms with van der Waals surface area (Å²) in [7, 11) is 1.38. The molecule has 0 aromatic heterocycles. The van der Waals surface area contributed by atoms with Gasteiger partial charge in [0.05, 0.1) is 13.2 Å². The van der Waals surface area contributed by atoms with Crippen LogP contribution in [0.5, 0.6) is 5.75 Å². The summed E-state index contributed by atoms with van der Waals surface area (Å²) in [6.45, 7) is 3.89. The molecule has 0 unspecified atom stereocenters. The number of allylic oxidation sites excluding steroid dienone is 1. The molecule has 0 spiro atoms. The molecule has 0 atom stereocenters. The number of benzene rings is 2. The SMILES string of the molecule is COC(=O)C=C1CC(c2ccc(-c3cc(OC(C)C)ccc3F)cc2)C1. The van der Waals surface area contributed by atoms with Crippen LogP contribution in [0.25, 0.3) is 11.1 Å². The van der Waals surface area contributed by atoms with E-state index in [1.54, 1.807) is 18.2 Å². The smallest absolute Gasteiger partial charge is 0.330 e. The molecule has 3 nitrogen and oxygen atoms in total. The van der Waals surface area contributed by atoms with Gasteiger partial charge in [0, 0.05) is 11.6 Å². The van der Waals surface area contributed by atoms with Crippen LogP contribution >= 0.6 is 0 Å². The molecule has 2 aromatic rings. The van der Waals surface area contributed by atoms with E-state index in [1.165, 1.54) is 18.7 Å². The van der Waals surface area contributed by atoms with Gasteiger partial charge in [-0.1, -0.05) is 29.8 Å². The first-order chi connectivity index (χ1) is 12.5. The summed E-state index contributed by atoms with van der Waals surface area (Å²) >= 11 is 0. The Morgan fingerprint density at radius 2 is 1.85 bits per heavy atom. The van der Waals surface area contributed by atoms with E-state index in [4.69, 9.17) is 4.74 Å². The maximum absolute atomic E-state index is 14.2. The molecule has 0 saturated heterocycles. The highest BCUT2D eigenvalue weighted by atomic mass is 19.1. The van der Waals surface area contributed by atoms with Crippen molar-refractivity contribution < 1.29 is 18.7 Å². The zero-order valence-corrected chi connectivity index (χ0v) is 15.3. The van der Waals surface area contributed by atoms with Crippen molar-refractivity contribution in [1.29, 1.82) is 0 Å². The third-order valence-corrected chi connectivity index (χ3v) is 4.54. The molecule has 4 heteroatoms. The van der Waals surface area contributed by atoms with Gasteiger partial charge in [0.15, 0.2) is 0 Å². The highest BCUT2D eigenvalue weighted by molar-refractivity contribution is 5.83. The Morgan fingerprint density at radius 3 is 2.46 bits per heavy atom.